The summed E-state index contributed by atoms with van der Waals surface area (Å²) < 4.78 is 33.8. The summed E-state index contributed by atoms with van der Waals surface area (Å²) in [7, 11) is -3.51. The lowest BCUT2D eigenvalue weighted by atomic mass is 10.1. The van der Waals surface area contributed by atoms with Gasteiger partial charge < -0.3 is 10.5 Å². The second-order valence-corrected chi connectivity index (χ2v) is 9.94. The van der Waals surface area contributed by atoms with E-state index in [1.54, 1.807) is 4.68 Å². The number of fused-ring (bicyclic) bond motifs is 1. The lowest BCUT2D eigenvalue weighted by molar-refractivity contribution is 0.260. The van der Waals surface area contributed by atoms with E-state index < -0.39 is 10.0 Å². The van der Waals surface area contributed by atoms with Crippen LogP contribution in [0.15, 0.2) is 72.9 Å². The summed E-state index contributed by atoms with van der Waals surface area (Å²) in [4.78, 5) is 8.60. The van der Waals surface area contributed by atoms with Crippen LogP contribution in [0, 0.1) is 0 Å². The largest absolute Gasteiger partial charge is 0.457 e. The standard InChI is InChI=1S/C24H24N6O3S/c1-2-34(31,32)29-14-6-7-18(15-29)30-24-21(23(25)26-16-27-24)22(28-30)17-10-12-20(13-11-17)33-19-8-4-3-5-9-19/h2-5,8-13,16,18H,1,6-7,14-15H2,(H2,25,26,27)/t18-/m0/s1. The molecule has 5 rings (SSSR count). The predicted molar refractivity (Wildman–Crippen MR) is 131 cm³/mol. The zero-order chi connectivity index (χ0) is 23.7. The highest BCUT2D eigenvalue weighted by Gasteiger charge is 2.30. The number of nitrogen functional groups attached to an aromatic ring is 1. The lowest BCUT2D eigenvalue weighted by Gasteiger charge is -2.31. The van der Waals surface area contributed by atoms with Crippen LogP contribution in [0.5, 0.6) is 11.5 Å². The molecule has 9 nitrogen and oxygen atoms in total. The molecular weight excluding hydrogens is 452 g/mol. The zero-order valence-electron chi connectivity index (χ0n) is 18.4. The molecular formula is C24H24N6O3S. The summed E-state index contributed by atoms with van der Waals surface area (Å²) in [6.07, 6.45) is 2.88. The van der Waals surface area contributed by atoms with Crippen LogP contribution in [0.2, 0.25) is 0 Å². The summed E-state index contributed by atoms with van der Waals surface area (Å²) in [6, 6.07) is 16.9. The third-order valence-corrected chi connectivity index (χ3v) is 7.37. The summed E-state index contributed by atoms with van der Waals surface area (Å²) in [5.74, 6) is 1.77. The molecule has 34 heavy (non-hydrogen) atoms. The second kappa shape index (κ2) is 8.88. The van der Waals surface area contributed by atoms with E-state index in [0.717, 1.165) is 23.1 Å². The second-order valence-electron chi connectivity index (χ2n) is 8.06. The minimum absolute atomic E-state index is 0.185. The van der Waals surface area contributed by atoms with Crippen molar-refractivity contribution in [3.05, 3.63) is 72.9 Å². The molecule has 0 unspecified atom stereocenters. The number of nitrogens with zero attached hydrogens (tertiary/aromatic N) is 5. The van der Waals surface area contributed by atoms with Gasteiger partial charge in [-0.05, 0) is 49.2 Å². The van der Waals surface area contributed by atoms with Crippen LogP contribution in [-0.2, 0) is 10.0 Å². The van der Waals surface area contributed by atoms with Gasteiger partial charge in [0.2, 0.25) is 10.0 Å². The van der Waals surface area contributed by atoms with Gasteiger partial charge in [-0.15, -0.1) is 0 Å². The highest BCUT2D eigenvalue weighted by atomic mass is 32.2. The van der Waals surface area contributed by atoms with E-state index in [2.05, 4.69) is 16.5 Å². The molecule has 0 radical (unpaired) electrons. The molecule has 1 aliphatic heterocycles. The number of hydrogen-bond acceptors (Lipinski definition) is 7. The first-order valence-electron chi connectivity index (χ1n) is 10.9. The molecule has 3 heterocycles. The molecule has 0 bridgehead atoms. The molecule has 1 aliphatic rings. The summed E-state index contributed by atoms with van der Waals surface area (Å²) in [5.41, 5.74) is 8.29. The average Bonchev–Trinajstić information content (AvgIpc) is 3.26. The van der Waals surface area contributed by atoms with Crippen molar-refractivity contribution in [1.29, 1.82) is 0 Å². The summed E-state index contributed by atoms with van der Waals surface area (Å²) in [6.45, 7) is 4.19. The van der Waals surface area contributed by atoms with Crippen LogP contribution in [0.1, 0.15) is 18.9 Å². The van der Waals surface area contributed by atoms with Crippen molar-refractivity contribution in [2.24, 2.45) is 0 Å². The third-order valence-electron chi connectivity index (χ3n) is 5.90. The molecule has 0 amide bonds. The molecule has 2 aromatic heterocycles. The number of nitrogens with two attached hydrogens (primary N) is 1. The maximum Gasteiger partial charge on any atom is 0.235 e. The molecule has 1 fully saturated rings. The highest BCUT2D eigenvalue weighted by molar-refractivity contribution is 7.92. The van der Waals surface area contributed by atoms with E-state index in [-0.39, 0.29) is 6.04 Å². The highest BCUT2D eigenvalue weighted by Crippen LogP contribution is 2.35. The number of anilines is 1. The van der Waals surface area contributed by atoms with Crippen molar-refractivity contribution in [2.75, 3.05) is 18.8 Å². The van der Waals surface area contributed by atoms with Gasteiger partial charge in [-0.25, -0.2) is 23.1 Å². The number of piperidine rings is 1. The van der Waals surface area contributed by atoms with E-state index in [1.165, 1.54) is 10.6 Å². The van der Waals surface area contributed by atoms with E-state index >= 15 is 0 Å². The van der Waals surface area contributed by atoms with Gasteiger partial charge in [-0.2, -0.15) is 9.40 Å². The Kier molecular flexibility index (Phi) is 5.76. The van der Waals surface area contributed by atoms with Gasteiger partial charge in [-0.1, -0.05) is 24.8 Å². The SMILES string of the molecule is C=CS(=O)(=O)N1CCC[C@H](n2nc(-c3ccc(Oc4ccccc4)cc3)c3c(N)ncnc32)C1. The molecule has 1 saturated heterocycles. The molecule has 0 aliphatic carbocycles. The smallest absolute Gasteiger partial charge is 0.235 e. The van der Waals surface area contributed by atoms with Crippen LogP contribution in [0.3, 0.4) is 0 Å². The Morgan fingerprint density at radius 3 is 2.53 bits per heavy atom. The molecule has 10 heteroatoms. The Balaban J connectivity index is 1.51. The molecule has 4 aromatic rings. The minimum Gasteiger partial charge on any atom is -0.457 e. The lowest BCUT2D eigenvalue weighted by Crippen LogP contribution is -2.40. The van der Waals surface area contributed by atoms with Crippen LogP contribution < -0.4 is 10.5 Å². The molecule has 0 spiro atoms. The number of benzene rings is 2. The van der Waals surface area contributed by atoms with Gasteiger partial charge in [0.05, 0.1) is 11.4 Å². The third kappa shape index (κ3) is 4.13. The Morgan fingerprint density at radius 2 is 1.79 bits per heavy atom. The fourth-order valence-electron chi connectivity index (χ4n) is 4.21. The van der Waals surface area contributed by atoms with Crippen molar-refractivity contribution < 1.29 is 13.2 Å². The van der Waals surface area contributed by atoms with Crippen LogP contribution in [0.25, 0.3) is 22.3 Å². The quantitative estimate of drug-likeness (QED) is 0.447. The van der Waals surface area contributed by atoms with Crippen molar-refractivity contribution in [2.45, 2.75) is 18.9 Å². The average molecular weight is 477 g/mol. The molecule has 174 valence electrons. The maximum atomic E-state index is 12.4. The van der Waals surface area contributed by atoms with Gasteiger partial charge in [0.1, 0.15) is 29.3 Å². The first kappa shape index (κ1) is 22.1. The fourth-order valence-corrected chi connectivity index (χ4v) is 5.19. The number of aromatic nitrogens is 4. The van der Waals surface area contributed by atoms with E-state index in [4.69, 9.17) is 15.6 Å². The minimum atomic E-state index is -3.51. The predicted octanol–water partition coefficient (Wildman–Crippen LogP) is 3.98. The topological polar surface area (TPSA) is 116 Å². The maximum absolute atomic E-state index is 12.4. The van der Waals surface area contributed by atoms with E-state index in [9.17, 15) is 8.42 Å². The number of para-hydroxylation sites is 1. The normalized spacial score (nSPS) is 17.0. The fraction of sp³-hybridized carbons (Fsp3) is 0.208. The monoisotopic (exact) mass is 476 g/mol. The van der Waals surface area contributed by atoms with Gasteiger partial charge >= 0.3 is 0 Å². The molecule has 2 N–H and O–H groups in total. The van der Waals surface area contributed by atoms with Gasteiger partial charge in [0.15, 0.2) is 5.65 Å². The van der Waals surface area contributed by atoms with Crippen LogP contribution in [0.4, 0.5) is 5.82 Å². The molecule has 2 aromatic carbocycles. The Labute approximate surface area is 197 Å². The van der Waals surface area contributed by atoms with Crippen molar-refractivity contribution in [3.8, 4) is 22.8 Å². The Morgan fingerprint density at radius 1 is 1.06 bits per heavy atom. The van der Waals surface area contributed by atoms with Crippen molar-refractivity contribution in [1.82, 2.24) is 24.1 Å². The Bertz CT molecular complexity index is 1440. The summed E-state index contributed by atoms with van der Waals surface area (Å²) >= 11 is 0. The number of ether oxygens (including phenoxy) is 1. The van der Waals surface area contributed by atoms with Crippen molar-refractivity contribution in [3.63, 3.8) is 0 Å². The molecule has 0 saturated carbocycles. The van der Waals surface area contributed by atoms with E-state index in [1.807, 2.05) is 54.6 Å². The van der Waals surface area contributed by atoms with Gasteiger partial charge in [0, 0.05) is 24.1 Å². The van der Waals surface area contributed by atoms with Crippen molar-refractivity contribution >= 4 is 26.9 Å². The van der Waals surface area contributed by atoms with Gasteiger partial charge in [-0.3, -0.25) is 0 Å². The van der Waals surface area contributed by atoms with E-state index in [0.29, 0.717) is 47.8 Å². The Hall–Kier alpha value is -3.76. The zero-order valence-corrected chi connectivity index (χ0v) is 19.2. The number of sulfonamides is 1. The number of hydrogen-bond donors (Lipinski definition) is 1. The summed E-state index contributed by atoms with van der Waals surface area (Å²) in [5, 5.41) is 6.48. The van der Waals surface area contributed by atoms with Crippen LogP contribution in [-0.4, -0.2) is 45.6 Å². The number of rotatable bonds is 6. The first-order chi connectivity index (χ1) is 16.5. The van der Waals surface area contributed by atoms with Crippen LogP contribution >= 0.6 is 0 Å². The van der Waals surface area contributed by atoms with Gasteiger partial charge in [0.25, 0.3) is 0 Å². The first-order valence-corrected chi connectivity index (χ1v) is 12.4. The molecule has 1 atom stereocenters.